The number of nitrogens with two attached hydrogens (primary N) is 1. The van der Waals surface area contributed by atoms with E-state index in [1.165, 1.54) is 0 Å². The molecule has 1 fully saturated rings. The number of carbonyl (C=O) groups is 3. The van der Waals surface area contributed by atoms with Gasteiger partial charge in [0.15, 0.2) is 0 Å². The summed E-state index contributed by atoms with van der Waals surface area (Å²) in [6.45, 7) is 2.43. The third kappa shape index (κ3) is 6.91. The zero-order valence-corrected chi connectivity index (χ0v) is 12.0. The van der Waals surface area contributed by atoms with Crippen LogP contribution < -0.4 is 16.4 Å². The number of morpholine rings is 1. The summed E-state index contributed by atoms with van der Waals surface area (Å²) in [7, 11) is 1.96. The van der Waals surface area contributed by atoms with Gasteiger partial charge < -0.3 is 31.1 Å². The van der Waals surface area contributed by atoms with Crippen LogP contribution in [0.1, 0.15) is 12.8 Å². The van der Waals surface area contributed by atoms with Crippen LogP contribution >= 0.6 is 0 Å². The van der Waals surface area contributed by atoms with Crippen molar-refractivity contribution in [1.82, 2.24) is 15.5 Å². The molecule has 1 saturated heterocycles. The minimum Gasteiger partial charge on any atom is -0.480 e. The van der Waals surface area contributed by atoms with Crippen LogP contribution in [-0.2, 0) is 14.3 Å². The third-order valence-corrected chi connectivity index (χ3v) is 3.11. The van der Waals surface area contributed by atoms with Crippen LogP contribution in [0.5, 0.6) is 0 Å². The molecular formula is C12H22N4O5. The second kappa shape index (κ2) is 8.42. The molecule has 0 aliphatic carbocycles. The number of urea groups is 1. The highest BCUT2D eigenvalue weighted by Gasteiger charge is 2.22. The smallest absolute Gasteiger partial charge is 0.326 e. The molecule has 1 unspecified atom stereocenters. The molecule has 0 saturated carbocycles. The summed E-state index contributed by atoms with van der Waals surface area (Å²) in [5.74, 6) is -1.82. The number of ether oxygens (including phenoxy) is 1. The van der Waals surface area contributed by atoms with Crippen LogP contribution in [0.15, 0.2) is 0 Å². The SMILES string of the molecule is CN1CCOC(CNC(=O)N[C@@H](CCC(N)=O)C(=O)O)C1. The molecule has 2 atom stereocenters. The number of primary amides is 1. The molecule has 0 aromatic carbocycles. The van der Waals surface area contributed by atoms with Gasteiger partial charge in [0.2, 0.25) is 5.91 Å². The van der Waals surface area contributed by atoms with E-state index in [4.69, 9.17) is 15.6 Å². The first kappa shape index (κ1) is 17.2. The molecule has 0 aromatic rings. The molecule has 5 N–H and O–H groups in total. The van der Waals surface area contributed by atoms with E-state index in [0.717, 1.165) is 6.54 Å². The molecule has 0 radical (unpaired) electrons. The molecule has 1 aliphatic rings. The lowest BCUT2D eigenvalue weighted by Crippen LogP contribution is -2.51. The van der Waals surface area contributed by atoms with E-state index in [1.54, 1.807) is 0 Å². The summed E-state index contributed by atoms with van der Waals surface area (Å²) in [4.78, 5) is 35.4. The Kier molecular flexibility index (Phi) is 6.89. The van der Waals surface area contributed by atoms with Crippen molar-refractivity contribution in [3.8, 4) is 0 Å². The quantitative estimate of drug-likeness (QED) is 0.444. The molecule has 1 aliphatic heterocycles. The summed E-state index contributed by atoms with van der Waals surface area (Å²) in [5, 5.41) is 13.8. The summed E-state index contributed by atoms with van der Waals surface area (Å²) in [6, 6.07) is -1.75. The van der Waals surface area contributed by atoms with Gasteiger partial charge in [0.05, 0.1) is 12.7 Å². The van der Waals surface area contributed by atoms with Gasteiger partial charge in [-0.1, -0.05) is 0 Å². The number of hydrogen-bond acceptors (Lipinski definition) is 5. The zero-order chi connectivity index (χ0) is 15.8. The molecular weight excluding hydrogens is 280 g/mol. The van der Waals surface area contributed by atoms with E-state index in [1.807, 2.05) is 7.05 Å². The maximum Gasteiger partial charge on any atom is 0.326 e. The number of carboxylic acids is 1. The summed E-state index contributed by atoms with van der Waals surface area (Å²) < 4.78 is 5.47. The van der Waals surface area contributed by atoms with E-state index in [2.05, 4.69) is 15.5 Å². The van der Waals surface area contributed by atoms with Gasteiger partial charge >= 0.3 is 12.0 Å². The zero-order valence-electron chi connectivity index (χ0n) is 12.0. The number of rotatable bonds is 7. The first-order valence-electron chi connectivity index (χ1n) is 6.74. The molecule has 0 bridgehead atoms. The average molecular weight is 302 g/mol. The maximum absolute atomic E-state index is 11.7. The van der Waals surface area contributed by atoms with Crippen molar-refractivity contribution in [1.29, 1.82) is 0 Å². The predicted molar refractivity (Wildman–Crippen MR) is 73.6 cm³/mol. The van der Waals surface area contributed by atoms with Crippen molar-refractivity contribution in [3.63, 3.8) is 0 Å². The van der Waals surface area contributed by atoms with Crippen LogP contribution in [0.25, 0.3) is 0 Å². The summed E-state index contributed by atoms with van der Waals surface area (Å²) in [5.41, 5.74) is 4.96. The van der Waals surface area contributed by atoms with E-state index < -0.39 is 23.9 Å². The van der Waals surface area contributed by atoms with Gasteiger partial charge in [-0.3, -0.25) is 4.79 Å². The van der Waals surface area contributed by atoms with E-state index in [-0.39, 0.29) is 18.9 Å². The van der Waals surface area contributed by atoms with E-state index >= 15 is 0 Å². The van der Waals surface area contributed by atoms with Crippen LogP contribution in [-0.4, -0.2) is 73.3 Å². The van der Waals surface area contributed by atoms with Gasteiger partial charge in [0.25, 0.3) is 0 Å². The van der Waals surface area contributed by atoms with Crippen molar-refractivity contribution in [2.75, 3.05) is 33.3 Å². The number of carboxylic acid groups (broad SMARTS) is 1. The number of likely N-dealkylation sites (N-methyl/N-ethyl adjacent to an activating group) is 1. The Morgan fingerprint density at radius 3 is 2.76 bits per heavy atom. The average Bonchev–Trinajstić information content (AvgIpc) is 2.40. The third-order valence-electron chi connectivity index (χ3n) is 3.11. The number of carbonyl (C=O) groups excluding carboxylic acids is 2. The molecule has 0 aromatic heterocycles. The highest BCUT2D eigenvalue weighted by molar-refractivity contribution is 5.83. The molecule has 9 heteroatoms. The Morgan fingerprint density at radius 2 is 2.19 bits per heavy atom. The Morgan fingerprint density at radius 1 is 1.48 bits per heavy atom. The van der Waals surface area contributed by atoms with Gasteiger partial charge in [0, 0.05) is 26.1 Å². The van der Waals surface area contributed by atoms with Crippen molar-refractivity contribution in [2.45, 2.75) is 25.0 Å². The number of nitrogens with one attached hydrogen (secondary N) is 2. The normalized spacial score (nSPS) is 20.5. The lowest BCUT2D eigenvalue weighted by Gasteiger charge is -2.30. The molecule has 0 spiro atoms. The predicted octanol–water partition coefficient (Wildman–Crippen LogP) is -1.67. The number of amides is 3. The van der Waals surface area contributed by atoms with Gasteiger partial charge in [-0.05, 0) is 13.5 Å². The highest BCUT2D eigenvalue weighted by atomic mass is 16.5. The summed E-state index contributed by atoms with van der Waals surface area (Å²) in [6.07, 6.45) is -0.266. The Balaban J connectivity index is 2.32. The molecule has 1 heterocycles. The second-order valence-electron chi connectivity index (χ2n) is 5.01. The van der Waals surface area contributed by atoms with Crippen molar-refractivity contribution in [3.05, 3.63) is 0 Å². The molecule has 3 amide bonds. The van der Waals surface area contributed by atoms with E-state index in [0.29, 0.717) is 19.7 Å². The van der Waals surface area contributed by atoms with E-state index in [9.17, 15) is 14.4 Å². The second-order valence-corrected chi connectivity index (χ2v) is 5.01. The fourth-order valence-corrected chi connectivity index (χ4v) is 1.95. The number of aliphatic carboxylic acids is 1. The minimum absolute atomic E-state index is 0.0409. The van der Waals surface area contributed by atoms with Gasteiger partial charge in [-0.25, -0.2) is 9.59 Å². The standard InChI is InChI=1S/C12H22N4O5/c1-16-4-5-21-8(7-16)6-14-12(20)15-9(11(18)19)2-3-10(13)17/h8-9H,2-7H2,1H3,(H2,13,17)(H,18,19)(H2,14,15,20)/t8?,9-/m0/s1. The van der Waals surface area contributed by atoms with Gasteiger partial charge in [-0.2, -0.15) is 0 Å². The molecule has 9 nitrogen and oxygen atoms in total. The van der Waals surface area contributed by atoms with Gasteiger partial charge in [-0.15, -0.1) is 0 Å². The fourth-order valence-electron chi connectivity index (χ4n) is 1.95. The topological polar surface area (TPSA) is 134 Å². The van der Waals surface area contributed by atoms with Crippen LogP contribution in [0.3, 0.4) is 0 Å². The first-order chi connectivity index (χ1) is 9.88. The monoisotopic (exact) mass is 302 g/mol. The number of hydrogen-bond donors (Lipinski definition) is 4. The van der Waals surface area contributed by atoms with Gasteiger partial charge in [0.1, 0.15) is 6.04 Å². The minimum atomic E-state index is -1.21. The Labute approximate surface area is 122 Å². The Bertz CT molecular complexity index is 390. The van der Waals surface area contributed by atoms with Crippen molar-refractivity contribution < 1.29 is 24.2 Å². The number of nitrogens with zero attached hydrogens (tertiary/aromatic N) is 1. The maximum atomic E-state index is 11.7. The first-order valence-corrected chi connectivity index (χ1v) is 6.74. The highest BCUT2D eigenvalue weighted by Crippen LogP contribution is 2.02. The van der Waals surface area contributed by atoms with Crippen LogP contribution in [0.4, 0.5) is 4.79 Å². The lowest BCUT2D eigenvalue weighted by atomic mass is 10.1. The molecule has 1 rings (SSSR count). The van der Waals surface area contributed by atoms with Crippen molar-refractivity contribution >= 4 is 17.9 Å². The van der Waals surface area contributed by atoms with Crippen molar-refractivity contribution in [2.24, 2.45) is 5.73 Å². The lowest BCUT2D eigenvalue weighted by molar-refractivity contribution is -0.139. The van der Waals surface area contributed by atoms with Crippen LogP contribution in [0.2, 0.25) is 0 Å². The molecule has 21 heavy (non-hydrogen) atoms. The molecule has 120 valence electrons. The fraction of sp³-hybridized carbons (Fsp3) is 0.750. The Hall–Kier alpha value is -1.87. The van der Waals surface area contributed by atoms with Crippen LogP contribution in [0, 0.1) is 0 Å². The summed E-state index contributed by atoms with van der Waals surface area (Å²) >= 11 is 0. The largest absolute Gasteiger partial charge is 0.480 e.